The number of aliphatic carboxylic acids is 1. The van der Waals surface area contributed by atoms with Gasteiger partial charge < -0.3 is 9.84 Å². The second-order valence-electron chi connectivity index (χ2n) is 6.59. The Labute approximate surface area is 170 Å². The van der Waals surface area contributed by atoms with Crippen molar-refractivity contribution in [2.24, 2.45) is 5.92 Å². The van der Waals surface area contributed by atoms with Gasteiger partial charge in [-0.05, 0) is 5.92 Å². The van der Waals surface area contributed by atoms with E-state index in [1.54, 1.807) is 0 Å². The number of carbonyl (C=O) groups is 2. The van der Waals surface area contributed by atoms with Gasteiger partial charge in [0.25, 0.3) is 0 Å². The fraction of sp³-hybridized carbons (Fsp3) is 0.733. The second kappa shape index (κ2) is 8.96. The molecular formula is C15H13F13O4. The molecule has 0 aliphatic carbocycles. The van der Waals surface area contributed by atoms with Crippen LogP contribution in [0.4, 0.5) is 57.1 Å². The van der Waals surface area contributed by atoms with E-state index >= 15 is 0 Å². The Morgan fingerprint density at radius 2 is 1.16 bits per heavy atom. The van der Waals surface area contributed by atoms with Crippen LogP contribution in [0.2, 0.25) is 0 Å². The largest absolute Gasteiger partial charge is 0.478 e. The molecule has 0 fully saturated rings. The standard InChI is InChI=1S/C15H13F13O4/c1-6(2)7(32-9(31)4-3-8(29)30)5-10(16,17)11(18,19)12(20,21)13(22,23)14(24,25)15(26,27)28/h3-4,6-7H,5H2,1-2H3,(H,29,30)/b4-3-. The van der Waals surface area contributed by atoms with Crippen molar-refractivity contribution >= 4 is 11.9 Å². The Bertz CT molecular complexity index is 725. The maximum absolute atomic E-state index is 13.9. The summed E-state index contributed by atoms with van der Waals surface area (Å²) in [5, 5.41) is 8.28. The van der Waals surface area contributed by atoms with Crippen molar-refractivity contribution in [3.63, 3.8) is 0 Å². The third-order valence-corrected chi connectivity index (χ3v) is 3.83. The molecule has 0 aromatic rings. The summed E-state index contributed by atoms with van der Waals surface area (Å²) in [6.45, 7) is 1.72. The normalized spacial score (nSPS) is 15.9. The molecular weight excluding hydrogens is 491 g/mol. The smallest absolute Gasteiger partial charge is 0.460 e. The molecule has 0 spiro atoms. The maximum atomic E-state index is 13.9. The second-order valence-corrected chi connectivity index (χ2v) is 6.59. The molecule has 0 aliphatic heterocycles. The van der Waals surface area contributed by atoms with Crippen molar-refractivity contribution < 1.29 is 76.5 Å². The Balaban J connectivity index is 6.14. The minimum atomic E-state index is -8.03. The molecule has 1 atom stereocenters. The third-order valence-electron chi connectivity index (χ3n) is 3.83. The number of esters is 1. The van der Waals surface area contributed by atoms with Crippen LogP contribution in [0.15, 0.2) is 12.2 Å². The first kappa shape index (κ1) is 29.8. The molecule has 17 heteroatoms. The molecule has 1 N–H and O–H groups in total. The SMILES string of the molecule is CC(C)C(CC(F)(F)C(F)(F)C(F)(F)C(F)(F)C(F)(F)C(F)(F)F)OC(=O)/C=C\C(=O)O. The van der Waals surface area contributed by atoms with Crippen molar-refractivity contribution in [3.8, 4) is 0 Å². The molecule has 0 aromatic carbocycles. The molecule has 4 nitrogen and oxygen atoms in total. The monoisotopic (exact) mass is 504 g/mol. The highest BCUT2D eigenvalue weighted by molar-refractivity contribution is 5.90. The van der Waals surface area contributed by atoms with Gasteiger partial charge in [0.2, 0.25) is 0 Å². The predicted molar refractivity (Wildman–Crippen MR) is 76.9 cm³/mol. The van der Waals surface area contributed by atoms with Crippen LogP contribution in [0.25, 0.3) is 0 Å². The lowest BCUT2D eigenvalue weighted by atomic mass is 9.89. The van der Waals surface area contributed by atoms with Crippen LogP contribution >= 0.6 is 0 Å². The summed E-state index contributed by atoms with van der Waals surface area (Å²) < 4.78 is 174. The zero-order valence-corrected chi connectivity index (χ0v) is 15.6. The number of hydrogen-bond acceptors (Lipinski definition) is 3. The molecule has 0 aromatic heterocycles. The van der Waals surface area contributed by atoms with Gasteiger partial charge in [-0.2, -0.15) is 57.1 Å². The molecule has 0 heterocycles. The fourth-order valence-electron chi connectivity index (χ4n) is 1.92. The van der Waals surface area contributed by atoms with Gasteiger partial charge in [0.05, 0.1) is 6.42 Å². The number of ether oxygens (including phenoxy) is 1. The van der Waals surface area contributed by atoms with E-state index in [2.05, 4.69) is 4.74 Å². The van der Waals surface area contributed by atoms with Gasteiger partial charge in [0.1, 0.15) is 6.10 Å². The third kappa shape index (κ3) is 5.39. The number of rotatable bonds is 10. The lowest BCUT2D eigenvalue weighted by Gasteiger charge is -2.40. The van der Waals surface area contributed by atoms with Crippen LogP contribution in [0.1, 0.15) is 20.3 Å². The minimum Gasteiger partial charge on any atom is -0.478 e. The summed E-state index contributed by atoms with van der Waals surface area (Å²) in [7, 11) is 0. The lowest BCUT2D eigenvalue weighted by molar-refractivity contribution is -0.440. The van der Waals surface area contributed by atoms with Crippen LogP contribution in [0.5, 0.6) is 0 Å². The number of carboxylic acids is 1. The van der Waals surface area contributed by atoms with E-state index in [1.165, 1.54) is 0 Å². The summed E-state index contributed by atoms with van der Waals surface area (Å²) in [5.41, 5.74) is 0. The number of carbonyl (C=O) groups excluding carboxylic acids is 1. The molecule has 0 rings (SSSR count). The molecule has 0 aliphatic rings. The summed E-state index contributed by atoms with van der Waals surface area (Å²) in [5.74, 6) is -42.8. The van der Waals surface area contributed by atoms with E-state index in [1.807, 2.05) is 0 Å². The zero-order chi connectivity index (χ0) is 26.1. The van der Waals surface area contributed by atoms with Crippen molar-refractivity contribution in [3.05, 3.63) is 12.2 Å². The van der Waals surface area contributed by atoms with Crippen LogP contribution in [0.3, 0.4) is 0 Å². The zero-order valence-electron chi connectivity index (χ0n) is 15.6. The van der Waals surface area contributed by atoms with Gasteiger partial charge in [-0.25, -0.2) is 9.59 Å². The molecule has 1 unspecified atom stereocenters. The Hall–Kier alpha value is -2.23. The maximum Gasteiger partial charge on any atom is 0.460 e. The van der Waals surface area contributed by atoms with Crippen molar-refractivity contribution in [2.75, 3.05) is 0 Å². The molecule has 0 saturated heterocycles. The van der Waals surface area contributed by atoms with E-state index in [4.69, 9.17) is 5.11 Å². The number of carboxylic acid groups (broad SMARTS) is 1. The quantitative estimate of drug-likeness (QED) is 0.249. The van der Waals surface area contributed by atoms with Gasteiger partial charge in [0.15, 0.2) is 0 Å². The summed E-state index contributed by atoms with van der Waals surface area (Å²) >= 11 is 0. The first-order valence-electron chi connectivity index (χ1n) is 7.94. The van der Waals surface area contributed by atoms with Gasteiger partial charge in [0, 0.05) is 12.2 Å². The number of hydrogen-bond donors (Lipinski definition) is 1. The summed E-state index contributed by atoms with van der Waals surface area (Å²) in [6, 6.07) is 0. The average Bonchev–Trinajstić information content (AvgIpc) is 2.57. The Kier molecular flexibility index (Phi) is 8.33. The fourth-order valence-corrected chi connectivity index (χ4v) is 1.92. The lowest BCUT2D eigenvalue weighted by Crippen LogP contribution is -2.70. The molecule has 32 heavy (non-hydrogen) atoms. The van der Waals surface area contributed by atoms with E-state index in [-0.39, 0.29) is 12.2 Å². The molecule has 0 radical (unpaired) electrons. The highest BCUT2D eigenvalue weighted by Gasteiger charge is 2.90. The van der Waals surface area contributed by atoms with E-state index in [9.17, 15) is 66.7 Å². The highest BCUT2D eigenvalue weighted by atomic mass is 19.4. The van der Waals surface area contributed by atoms with Crippen molar-refractivity contribution in [1.82, 2.24) is 0 Å². The topological polar surface area (TPSA) is 63.6 Å². The van der Waals surface area contributed by atoms with E-state index in [0.717, 1.165) is 13.8 Å². The Morgan fingerprint density at radius 3 is 1.50 bits per heavy atom. The summed E-state index contributed by atoms with van der Waals surface area (Å²) in [4.78, 5) is 21.5. The van der Waals surface area contributed by atoms with Gasteiger partial charge in [-0.1, -0.05) is 13.8 Å². The van der Waals surface area contributed by atoms with Gasteiger partial charge >= 0.3 is 47.7 Å². The van der Waals surface area contributed by atoms with Crippen molar-refractivity contribution in [1.29, 1.82) is 0 Å². The van der Waals surface area contributed by atoms with Crippen LogP contribution in [-0.4, -0.2) is 58.9 Å². The van der Waals surface area contributed by atoms with E-state index < -0.39 is 66.2 Å². The molecule has 188 valence electrons. The average molecular weight is 504 g/mol. The first-order valence-corrected chi connectivity index (χ1v) is 7.94. The minimum absolute atomic E-state index is 0.0701. The molecule has 0 saturated carbocycles. The number of alkyl halides is 13. The molecule has 0 amide bonds. The summed E-state index contributed by atoms with van der Waals surface area (Å²) in [6.07, 6.45) is -12.6. The molecule has 0 bridgehead atoms. The van der Waals surface area contributed by atoms with Crippen LogP contribution in [0, 0.1) is 5.92 Å². The van der Waals surface area contributed by atoms with E-state index in [0.29, 0.717) is 0 Å². The number of halogens is 13. The van der Waals surface area contributed by atoms with Gasteiger partial charge in [-0.15, -0.1) is 0 Å². The van der Waals surface area contributed by atoms with Crippen molar-refractivity contribution in [2.45, 2.75) is 62.2 Å². The van der Waals surface area contributed by atoms with Crippen LogP contribution < -0.4 is 0 Å². The van der Waals surface area contributed by atoms with Gasteiger partial charge in [-0.3, -0.25) is 0 Å². The Morgan fingerprint density at radius 1 is 0.750 bits per heavy atom. The highest BCUT2D eigenvalue weighted by Crippen LogP contribution is 2.60. The predicted octanol–water partition coefficient (Wildman–Crippen LogP) is 5.32. The first-order chi connectivity index (χ1) is 13.9. The van der Waals surface area contributed by atoms with Crippen LogP contribution in [-0.2, 0) is 14.3 Å².